The average molecular weight is 401 g/mol. The van der Waals surface area contributed by atoms with Gasteiger partial charge in [0, 0.05) is 20.6 Å². The van der Waals surface area contributed by atoms with Crippen LogP contribution in [0.15, 0.2) is 33.9 Å². The quantitative estimate of drug-likeness (QED) is 0.584. The fourth-order valence-electron chi connectivity index (χ4n) is 3.16. The number of aromatic nitrogens is 4. The van der Waals surface area contributed by atoms with Crippen LogP contribution in [0.2, 0.25) is 0 Å². The molecule has 9 nitrogen and oxygen atoms in total. The van der Waals surface area contributed by atoms with E-state index >= 15 is 0 Å². The third kappa shape index (κ3) is 4.19. The smallest absolute Gasteiger partial charge is 0.332 e. The zero-order valence-electron chi connectivity index (χ0n) is 17.2. The summed E-state index contributed by atoms with van der Waals surface area (Å²) in [6.45, 7) is 4.78. The van der Waals surface area contributed by atoms with Crippen molar-refractivity contribution in [1.29, 1.82) is 0 Å². The first kappa shape index (κ1) is 20.7. The minimum atomic E-state index is -0.878. The van der Waals surface area contributed by atoms with Gasteiger partial charge in [0.1, 0.15) is 18.5 Å². The summed E-state index contributed by atoms with van der Waals surface area (Å²) in [5, 5.41) is 13.7. The second-order valence-corrected chi connectivity index (χ2v) is 7.13. The second kappa shape index (κ2) is 8.52. The number of nitrogens with zero attached hydrogens (tertiary/aromatic N) is 4. The van der Waals surface area contributed by atoms with E-state index in [1.807, 2.05) is 38.1 Å². The summed E-state index contributed by atoms with van der Waals surface area (Å²) in [4.78, 5) is 29.4. The van der Waals surface area contributed by atoms with Crippen LogP contribution in [0.25, 0.3) is 11.2 Å². The first-order chi connectivity index (χ1) is 13.8. The van der Waals surface area contributed by atoms with Crippen LogP contribution in [0.3, 0.4) is 0 Å². The zero-order valence-corrected chi connectivity index (χ0v) is 17.2. The van der Waals surface area contributed by atoms with E-state index in [1.165, 1.54) is 11.6 Å². The van der Waals surface area contributed by atoms with Gasteiger partial charge in [-0.15, -0.1) is 0 Å². The van der Waals surface area contributed by atoms with E-state index in [2.05, 4.69) is 10.3 Å². The monoisotopic (exact) mass is 401 g/mol. The van der Waals surface area contributed by atoms with Crippen molar-refractivity contribution in [2.24, 2.45) is 14.1 Å². The SMILES string of the molecule is CCCNc1nc2c(c(=O)n(C)c(=O)n2C)n1C[C@H](O)COc1cccc(C)c1. The molecular formula is C20H27N5O4. The van der Waals surface area contributed by atoms with Crippen molar-refractivity contribution >= 4 is 17.1 Å². The number of aliphatic hydroxyl groups excluding tert-OH is 1. The first-order valence-electron chi connectivity index (χ1n) is 9.61. The number of imidazole rings is 1. The molecule has 0 aliphatic heterocycles. The van der Waals surface area contributed by atoms with Crippen molar-refractivity contribution in [3.8, 4) is 5.75 Å². The summed E-state index contributed by atoms with van der Waals surface area (Å²) in [7, 11) is 3.00. The van der Waals surface area contributed by atoms with Gasteiger partial charge in [-0.05, 0) is 31.0 Å². The van der Waals surface area contributed by atoms with Crippen molar-refractivity contribution < 1.29 is 9.84 Å². The second-order valence-electron chi connectivity index (χ2n) is 7.13. The maximum absolute atomic E-state index is 12.8. The Balaban J connectivity index is 1.93. The molecule has 1 aromatic carbocycles. The number of rotatable bonds is 8. The van der Waals surface area contributed by atoms with E-state index in [1.54, 1.807) is 11.6 Å². The molecule has 0 bridgehead atoms. The lowest BCUT2D eigenvalue weighted by Crippen LogP contribution is -2.38. The number of nitrogens with one attached hydrogen (secondary N) is 1. The lowest BCUT2D eigenvalue weighted by Gasteiger charge is -2.16. The zero-order chi connectivity index (χ0) is 21.1. The van der Waals surface area contributed by atoms with Gasteiger partial charge in [0.25, 0.3) is 5.56 Å². The van der Waals surface area contributed by atoms with E-state index in [-0.39, 0.29) is 24.3 Å². The first-order valence-corrected chi connectivity index (χ1v) is 9.61. The van der Waals surface area contributed by atoms with Crippen molar-refractivity contribution in [3.05, 3.63) is 50.7 Å². The normalized spacial score (nSPS) is 12.3. The predicted octanol–water partition coefficient (Wildman–Crippen LogP) is 1.00. The van der Waals surface area contributed by atoms with Crippen LogP contribution in [0, 0.1) is 6.92 Å². The number of hydrogen-bond donors (Lipinski definition) is 2. The molecule has 1 atom stereocenters. The Kier molecular flexibility index (Phi) is 6.07. The highest BCUT2D eigenvalue weighted by Crippen LogP contribution is 2.17. The van der Waals surface area contributed by atoms with Gasteiger partial charge in [-0.25, -0.2) is 4.79 Å². The molecular weight excluding hydrogens is 374 g/mol. The highest BCUT2D eigenvalue weighted by atomic mass is 16.5. The summed E-state index contributed by atoms with van der Waals surface area (Å²) in [6.07, 6.45) is -0.0175. The summed E-state index contributed by atoms with van der Waals surface area (Å²) in [5.41, 5.74) is 0.712. The largest absolute Gasteiger partial charge is 0.491 e. The Morgan fingerprint density at radius 1 is 1.24 bits per heavy atom. The molecule has 0 saturated heterocycles. The Morgan fingerprint density at radius 2 is 2.00 bits per heavy atom. The number of anilines is 1. The Morgan fingerprint density at radius 3 is 2.69 bits per heavy atom. The van der Waals surface area contributed by atoms with E-state index in [0.29, 0.717) is 18.2 Å². The number of aliphatic hydroxyl groups is 1. The topological polar surface area (TPSA) is 103 Å². The van der Waals surface area contributed by atoms with E-state index < -0.39 is 17.4 Å². The van der Waals surface area contributed by atoms with Crippen LogP contribution in [-0.4, -0.2) is 43.0 Å². The van der Waals surface area contributed by atoms with Gasteiger partial charge in [0.05, 0.1) is 6.54 Å². The molecule has 0 saturated carbocycles. The van der Waals surface area contributed by atoms with Gasteiger partial charge >= 0.3 is 5.69 Å². The van der Waals surface area contributed by atoms with Gasteiger partial charge in [-0.2, -0.15) is 4.98 Å². The lowest BCUT2D eigenvalue weighted by atomic mass is 10.2. The molecule has 2 heterocycles. The molecule has 29 heavy (non-hydrogen) atoms. The van der Waals surface area contributed by atoms with Crippen LogP contribution in [-0.2, 0) is 20.6 Å². The van der Waals surface area contributed by atoms with Crippen molar-refractivity contribution in [3.63, 3.8) is 0 Å². The Labute approximate surface area is 168 Å². The third-order valence-corrected chi connectivity index (χ3v) is 4.71. The number of fused-ring (bicyclic) bond motifs is 1. The predicted molar refractivity (Wildman–Crippen MR) is 112 cm³/mol. The molecule has 156 valence electrons. The molecule has 0 amide bonds. The average Bonchev–Trinajstić information content (AvgIpc) is 3.06. The van der Waals surface area contributed by atoms with Crippen molar-refractivity contribution in [2.45, 2.75) is 32.9 Å². The minimum absolute atomic E-state index is 0.0580. The van der Waals surface area contributed by atoms with Crippen LogP contribution in [0.1, 0.15) is 18.9 Å². The number of hydrogen-bond acceptors (Lipinski definition) is 6. The number of ether oxygens (including phenoxy) is 1. The molecule has 2 N–H and O–H groups in total. The summed E-state index contributed by atoms with van der Waals surface area (Å²) in [5.74, 6) is 1.11. The van der Waals surface area contributed by atoms with Crippen LogP contribution in [0.5, 0.6) is 5.75 Å². The van der Waals surface area contributed by atoms with E-state index in [9.17, 15) is 14.7 Å². The maximum atomic E-state index is 12.8. The Bertz CT molecular complexity index is 1130. The molecule has 0 spiro atoms. The van der Waals surface area contributed by atoms with Crippen molar-refractivity contribution in [2.75, 3.05) is 18.5 Å². The van der Waals surface area contributed by atoms with Crippen LogP contribution in [0.4, 0.5) is 5.95 Å². The van der Waals surface area contributed by atoms with Crippen LogP contribution >= 0.6 is 0 Å². The molecule has 2 aromatic heterocycles. The van der Waals surface area contributed by atoms with E-state index in [4.69, 9.17) is 4.74 Å². The number of benzene rings is 1. The third-order valence-electron chi connectivity index (χ3n) is 4.71. The lowest BCUT2D eigenvalue weighted by molar-refractivity contribution is 0.0938. The van der Waals surface area contributed by atoms with Gasteiger partial charge in [0.2, 0.25) is 5.95 Å². The molecule has 9 heteroatoms. The summed E-state index contributed by atoms with van der Waals surface area (Å²) < 4.78 is 9.68. The highest BCUT2D eigenvalue weighted by molar-refractivity contribution is 5.74. The molecule has 0 fully saturated rings. The minimum Gasteiger partial charge on any atom is -0.491 e. The molecule has 3 rings (SSSR count). The highest BCUT2D eigenvalue weighted by Gasteiger charge is 2.21. The van der Waals surface area contributed by atoms with Gasteiger partial charge < -0.3 is 19.7 Å². The molecule has 0 radical (unpaired) electrons. The summed E-state index contributed by atoms with van der Waals surface area (Å²) >= 11 is 0. The van der Waals surface area contributed by atoms with Gasteiger partial charge in [-0.3, -0.25) is 13.9 Å². The fourth-order valence-corrected chi connectivity index (χ4v) is 3.16. The van der Waals surface area contributed by atoms with Crippen molar-refractivity contribution in [1.82, 2.24) is 18.7 Å². The molecule has 0 aliphatic carbocycles. The summed E-state index contributed by atoms with van der Waals surface area (Å²) in [6, 6.07) is 7.56. The standard InChI is InChI=1S/C20H27N5O4/c1-5-9-21-19-22-17-16(18(27)24(4)20(28)23(17)3)25(19)11-14(26)12-29-15-8-6-7-13(2)10-15/h6-8,10,14,26H,5,9,11-12H2,1-4H3,(H,21,22)/t14-/m0/s1. The molecule has 0 unspecified atom stereocenters. The maximum Gasteiger partial charge on any atom is 0.332 e. The fraction of sp³-hybridized carbons (Fsp3) is 0.450. The van der Waals surface area contributed by atoms with Gasteiger partial charge in [-0.1, -0.05) is 19.1 Å². The molecule has 0 aliphatic rings. The van der Waals surface area contributed by atoms with Crippen LogP contribution < -0.4 is 21.3 Å². The van der Waals surface area contributed by atoms with E-state index in [0.717, 1.165) is 16.6 Å². The molecule has 3 aromatic rings. The Hall–Kier alpha value is -3.07. The number of aryl methyl sites for hydroxylation is 2. The van der Waals surface area contributed by atoms with Gasteiger partial charge in [0.15, 0.2) is 11.2 Å².